The molecule has 2 rings (SSSR count). The van der Waals surface area contributed by atoms with E-state index in [2.05, 4.69) is 5.32 Å². The highest BCUT2D eigenvalue weighted by Gasteiger charge is 2.26. The summed E-state index contributed by atoms with van der Waals surface area (Å²) < 4.78 is 5.57. The largest absolute Gasteiger partial charge is 0.484 e. The van der Waals surface area contributed by atoms with Gasteiger partial charge in [0.1, 0.15) is 11.8 Å². The van der Waals surface area contributed by atoms with Crippen molar-refractivity contribution >= 4 is 35.0 Å². The first-order valence-corrected chi connectivity index (χ1v) is 9.74. The van der Waals surface area contributed by atoms with Crippen molar-refractivity contribution < 1.29 is 14.3 Å². The number of hydrogen-bond donors (Lipinski definition) is 1. The number of ether oxygens (including phenoxy) is 1. The molecule has 2 amide bonds. The minimum atomic E-state index is -0.653. The summed E-state index contributed by atoms with van der Waals surface area (Å²) in [6.07, 6.45) is 0. The number of halogens is 2. The first-order chi connectivity index (χ1) is 13.3. The van der Waals surface area contributed by atoms with Gasteiger partial charge in [-0.25, -0.2) is 0 Å². The highest BCUT2D eigenvalue weighted by molar-refractivity contribution is 6.30. The highest BCUT2D eigenvalue weighted by atomic mass is 35.5. The van der Waals surface area contributed by atoms with Crippen molar-refractivity contribution in [3.63, 3.8) is 0 Å². The molecule has 150 valence electrons. The molecule has 5 nitrogen and oxygen atoms in total. The number of carbonyl (C=O) groups excluding carboxylic acids is 2. The molecule has 0 saturated heterocycles. The minimum Gasteiger partial charge on any atom is -0.484 e. The Kier molecular flexibility index (Phi) is 8.15. The van der Waals surface area contributed by atoms with Crippen LogP contribution < -0.4 is 10.1 Å². The van der Waals surface area contributed by atoms with Crippen LogP contribution in [-0.2, 0) is 16.1 Å². The summed E-state index contributed by atoms with van der Waals surface area (Å²) in [7, 11) is 0. The molecule has 0 aliphatic rings. The third-order valence-electron chi connectivity index (χ3n) is 4.04. The van der Waals surface area contributed by atoms with E-state index in [-0.39, 0.29) is 31.0 Å². The molecule has 0 unspecified atom stereocenters. The maximum Gasteiger partial charge on any atom is 0.261 e. The Morgan fingerprint density at radius 2 is 1.50 bits per heavy atom. The second kappa shape index (κ2) is 10.3. The molecule has 2 aromatic carbocycles. The van der Waals surface area contributed by atoms with Crippen molar-refractivity contribution in [3.05, 3.63) is 64.1 Å². The third-order valence-corrected chi connectivity index (χ3v) is 4.54. The fraction of sp³-hybridized carbons (Fsp3) is 0.333. The number of nitrogens with zero attached hydrogens (tertiary/aromatic N) is 1. The van der Waals surface area contributed by atoms with Crippen LogP contribution in [0.25, 0.3) is 0 Å². The van der Waals surface area contributed by atoms with Gasteiger partial charge in [0.05, 0.1) is 0 Å². The summed E-state index contributed by atoms with van der Waals surface area (Å²) >= 11 is 11.8. The number of rotatable bonds is 8. The van der Waals surface area contributed by atoms with E-state index in [1.807, 2.05) is 26.0 Å². The Bertz CT molecular complexity index is 792. The van der Waals surface area contributed by atoms with Gasteiger partial charge < -0.3 is 15.0 Å². The Morgan fingerprint density at radius 1 is 0.964 bits per heavy atom. The fourth-order valence-corrected chi connectivity index (χ4v) is 2.79. The third kappa shape index (κ3) is 6.73. The lowest BCUT2D eigenvalue weighted by Gasteiger charge is -2.29. The first kappa shape index (κ1) is 22.1. The standard InChI is InChI=1S/C21H24Cl2N2O3/c1-14(2)24-21(27)15(3)25(12-16-4-6-17(22)7-5-16)20(26)13-28-19-10-8-18(23)9-11-19/h4-11,14-15H,12-13H2,1-3H3,(H,24,27)/t15-/m0/s1. The topological polar surface area (TPSA) is 58.6 Å². The summed E-state index contributed by atoms with van der Waals surface area (Å²) in [6.45, 7) is 5.54. The molecule has 7 heteroatoms. The van der Waals surface area contributed by atoms with Gasteiger partial charge in [-0.15, -0.1) is 0 Å². The molecule has 0 heterocycles. The Labute approximate surface area is 175 Å². The molecule has 2 aromatic rings. The molecule has 0 bridgehead atoms. The van der Waals surface area contributed by atoms with E-state index in [1.54, 1.807) is 43.3 Å². The van der Waals surface area contributed by atoms with Crippen LogP contribution in [0.2, 0.25) is 10.0 Å². The molecular weight excluding hydrogens is 399 g/mol. The summed E-state index contributed by atoms with van der Waals surface area (Å²) in [6, 6.07) is 13.2. The van der Waals surface area contributed by atoms with Crippen molar-refractivity contribution in [3.8, 4) is 5.75 Å². The van der Waals surface area contributed by atoms with Crippen LogP contribution in [0, 0.1) is 0 Å². The number of hydrogen-bond acceptors (Lipinski definition) is 3. The van der Waals surface area contributed by atoms with Crippen LogP contribution in [0.15, 0.2) is 48.5 Å². The molecule has 28 heavy (non-hydrogen) atoms. The van der Waals surface area contributed by atoms with E-state index in [0.29, 0.717) is 15.8 Å². The van der Waals surface area contributed by atoms with Gasteiger partial charge in [-0.3, -0.25) is 9.59 Å². The summed E-state index contributed by atoms with van der Waals surface area (Å²) in [5.74, 6) is 0.0172. The maximum atomic E-state index is 12.9. The van der Waals surface area contributed by atoms with Gasteiger partial charge in [0.2, 0.25) is 5.91 Å². The molecule has 0 spiro atoms. The zero-order valence-electron chi connectivity index (χ0n) is 16.1. The number of amides is 2. The lowest BCUT2D eigenvalue weighted by molar-refractivity contribution is -0.142. The van der Waals surface area contributed by atoms with E-state index in [9.17, 15) is 9.59 Å². The monoisotopic (exact) mass is 422 g/mol. The highest BCUT2D eigenvalue weighted by Crippen LogP contribution is 2.17. The van der Waals surface area contributed by atoms with Crippen LogP contribution in [0.1, 0.15) is 26.3 Å². The summed E-state index contributed by atoms with van der Waals surface area (Å²) in [5, 5.41) is 4.04. The molecule has 0 aliphatic carbocycles. The van der Waals surface area contributed by atoms with Crippen LogP contribution in [0.4, 0.5) is 0 Å². The van der Waals surface area contributed by atoms with Crippen molar-refractivity contribution in [1.29, 1.82) is 0 Å². The Hall–Kier alpha value is -2.24. The normalized spacial score (nSPS) is 11.8. The van der Waals surface area contributed by atoms with Crippen LogP contribution in [-0.4, -0.2) is 35.4 Å². The Morgan fingerprint density at radius 3 is 2.04 bits per heavy atom. The number of carbonyl (C=O) groups is 2. The average molecular weight is 423 g/mol. The average Bonchev–Trinajstić information content (AvgIpc) is 2.65. The lowest BCUT2D eigenvalue weighted by Crippen LogP contribution is -2.50. The smallest absolute Gasteiger partial charge is 0.261 e. The quantitative estimate of drug-likeness (QED) is 0.688. The van der Waals surface area contributed by atoms with Crippen LogP contribution in [0.3, 0.4) is 0 Å². The van der Waals surface area contributed by atoms with E-state index < -0.39 is 6.04 Å². The van der Waals surface area contributed by atoms with E-state index in [1.165, 1.54) is 4.90 Å². The molecule has 0 saturated carbocycles. The van der Waals surface area contributed by atoms with Gasteiger partial charge in [0.25, 0.3) is 5.91 Å². The maximum absolute atomic E-state index is 12.9. The van der Waals surface area contributed by atoms with Crippen LogP contribution in [0.5, 0.6) is 5.75 Å². The first-order valence-electron chi connectivity index (χ1n) is 8.99. The Balaban J connectivity index is 2.12. The van der Waals surface area contributed by atoms with Crippen molar-refractivity contribution in [1.82, 2.24) is 10.2 Å². The molecule has 1 atom stereocenters. The molecule has 0 radical (unpaired) electrons. The molecule has 0 aromatic heterocycles. The molecule has 1 N–H and O–H groups in total. The number of nitrogens with one attached hydrogen (secondary N) is 1. The van der Waals surface area contributed by atoms with Crippen molar-refractivity contribution in [2.24, 2.45) is 0 Å². The second-order valence-electron chi connectivity index (χ2n) is 6.73. The van der Waals surface area contributed by atoms with Gasteiger partial charge in [-0.2, -0.15) is 0 Å². The molecular formula is C21H24Cl2N2O3. The van der Waals surface area contributed by atoms with Crippen LogP contribution >= 0.6 is 23.2 Å². The number of benzene rings is 2. The van der Waals surface area contributed by atoms with E-state index in [0.717, 1.165) is 5.56 Å². The van der Waals surface area contributed by atoms with Crippen molar-refractivity contribution in [2.45, 2.75) is 39.4 Å². The fourth-order valence-electron chi connectivity index (χ4n) is 2.53. The van der Waals surface area contributed by atoms with Gasteiger partial charge in [0, 0.05) is 22.6 Å². The second-order valence-corrected chi connectivity index (χ2v) is 7.60. The van der Waals surface area contributed by atoms with E-state index >= 15 is 0 Å². The van der Waals surface area contributed by atoms with Gasteiger partial charge in [-0.05, 0) is 62.7 Å². The van der Waals surface area contributed by atoms with E-state index in [4.69, 9.17) is 27.9 Å². The molecule has 0 aliphatic heterocycles. The molecule has 0 fully saturated rings. The zero-order valence-corrected chi connectivity index (χ0v) is 17.6. The predicted octanol–water partition coefficient (Wildman–Crippen LogP) is 4.31. The zero-order chi connectivity index (χ0) is 20.7. The SMILES string of the molecule is CC(C)NC(=O)[C@H](C)N(Cc1ccc(Cl)cc1)C(=O)COc1ccc(Cl)cc1. The predicted molar refractivity (Wildman–Crippen MR) is 112 cm³/mol. The summed E-state index contributed by atoms with van der Waals surface area (Å²) in [4.78, 5) is 26.8. The minimum absolute atomic E-state index is 0.0206. The van der Waals surface area contributed by atoms with Gasteiger partial charge >= 0.3 is 0 Å². The summed E-state index contributed by atoms with van der Waals surface area (Å²) in [5.41, 5.74) is 0.869. The van der Waals surface area contributed by atoms with Gasteiger partial charge in [-0.1, -0.05) is 35.3 Å². The van der Waals surface area contributed by atoms with Crippen molar-refractivity contribution in [2.75, 3.05) is 6.61 Å². The lowest BCUT2D eigenvalue weighted by atomic mass is 10.1. The van der Waals surface area contributed by atoms with Gasteiger partial charge in [0.15, 0.2) is 6.61 Å².